The Morgan fingerprint density at radius 3 is 2.93 bits per heavy atom. The monoisotopic (exact) mass is 243 g/mol. The molecule has 0 spiro atoms. The number of thiophene rings is 1. The zero-order valence-corrected chi connectivity index (χ0v) is 9.77. The zero-order valence-electron chi connectivity index (χ0n) is 8.20. The predicted molar refractivity (Wildman–Crippen MR) is 59.1 cm³/mol. The molecule has 15 heavy (non-hydrogen) atoms. The molecule has 0 bridgehead atoms. The molecule has 0 aromatic carbocycles. The molecule has 0 fully saturated rings. The highest BCUT2D eigenvalue weighted by Gasteiger charge is 2.02. The first-order valence-electron chi connectivity index (χ1n) is 4.48. The van der Waals surface area contributed by atoms with Crippen LogP contribution in [-0.4, -0.2) is 5.16 Å². The van der Waals surface area contributed by atoms with Crippen molar-refractivity contribution in [2.45, 2.75) is 20.1 Å². The largest absolute Gasteiger partial charge is 0.368 e. The Morgan fingerprint density at radius 1 is 1.47 bits per heavy atom. The maximum absolute atomic E-state index is 5.79. The Hall–Kier alpha value is -0.840. The van der Waals surface area contributed by atoms with Gasteiger partial charge in [0.05, 0.1) is 16.6 Å². The van der Waals surface area contributed by atoms with Crippen LogP contribution in [0.15, 0.2) is 22.7 Å². The maximum atomic E-state index is 5.79. The molecule has 0 atom stereocenters. The van der Waals surface area contributed by atoms with Crippen LogP contribution in [-0.2, 0) is 18.0 Å². The van der Waals surface area contributed by atoms with Gasteiger partial charge in [-0.1, -0.05) is 16.8 Å². The van der Waals surface area contributed by atoms with Crippen LogP contribution in [0, 0.1) is 6.92 Å². The third-order valence-electron chi connectivity index (χ3n) is 1.79. The smallest absolute Gasteiger partial charge is 0.162 e. The van der Waals surface area contributed by atoms with Gasteiger partial charge >= 0.3 is 0 Å². The number of halogens is 1. The van der Waals surface area contributed by atoms with Crippen LogP contribution >= 0.6 is 22.9 Å². The lowest BCUT2D eigenvalue weighted by Gasteiger charge is -1.97. The molecule has 80 valence electrons. The molecule has 5 heteroatoms. The molecule has 0 saturated carbocycles. The third kappa shape index (κ3) is 3.06. The number of hydrogen-bond acceptors (Lipinski definition) is 4. The molecule has 0 aliphatic rings. The van der Waals surface area contributed by atoms with Crippen molar-refractivity contribution in [3.8, 4) is 0 Å². The highest BCUT2D eigenvalue weighted by Crippen LogP contribution is 2.22. The van der Waals surface area contributed by atoms with Crippen molar-refractivity contribution in [2.24, 2.45) is 0 Å². The van der Waals surface area contributed by atoms with Gasteiger partial charge in [-0.15, -0.1) is 11.3 Å². The summed E-state index contributed by atoms with van der Waals surface area (Å²) in [6.07, 6.45) is 0. The fraction of sp³-hybridized carbons (Fsp3) is 0.300. The van der Waals surface area contributed by atoms with Crippen LogP contribution in [0.3, 0.4) is 0 Å². The van der Waals surface area contributed by atoms with E-state index >= 15 is 0 Å². The van der Waals surface area contributed by atoms with Gasteiger partial charge in [0.15, 0.2) is 5.76 Å². The van der Waals surface area contributed by atoms with Gasteiger partial charge in [-0.2, -0.15) is 0 Å². The Labute approximate surface area is 96.6 Å². The molecule has 0 radical (unpaired) electrons. The van der Waals surface area contributed by atoms with Gasteiger partial charge in [-0.05, 0) is 19.1 Å². The second-order valence-corrected chi connectivity index (χ2v) is 4.93. The number of nitrogens with zero attached hydrogens (tertiary/aromatic N) is 1. The fourth-order valence-corrected chi connectivity index (χ4v) is 2.19. The maximum Gasteiger partial charge on any atom is 0.162 e. The van der Waals surface area contributed by atoms with Crippen molar-refractivity contribution in [2.75, 3.05) is 0 Å². The SMILES string of the molecule is Cc1cc(COCc2ccc(Cl)s2)on1. The number of aromatic nitrogens is 1. The molecular formula is C10H10ClNO2S. The van der Waals surface area contributed by atoms with Crippen molar-refractivity contribution in [3.05, 3.63) is 38.9 Å². The lowest BCUT2D eigenvalue weighted by atomic mass is 10.4. The first kappa shape index (κ1) is 10.7. The lowest BCUT2D eigenvalue weighted by molar-refractivity contribution is 0.0901. The van der Waals surface area contributed by atoms with Gasteiger partial charge in [-0.3, -0.25) is 0 Å². The van der Waals surface area contributed by atoms with Gasteiger partial charge in [-0.25, -0.2) is 0 Å². The highest BCUT2D eigenvalue weighted by molar-refractivity contribution is 7.16. The summed E-state index contributed by atoms with van der Waals surface area (Å²) in [7, 11) is 0. The van der Waals surface area contributed by atoms with E-state index in [1.54, 1.807) is 0 Å². The molecule has 2 heterocycles. The van der Waals surface area contributed by atoms with E-state index in [0.29, 0.717) is 13.2 Å². The van der Waals surface area contributed by atoms with Crippen molar-refractivity contribution in [3.63, 3.8) is 0 Å². The van der Waals surface area contributed by atoms with Crippen molar-refractivity contribution in [1.82, 2.24) is 5.16 Å². The van der Waals surface area contributed by atoms with E-state index in [-0.39, 0.29) is 0 Å². The number of aryl methyl sites for hydroxylation is 1. The molecule has 0 aliphatic heterocycles. The van der Waals surface area contributed by atoms with E-state index in [4.69, 9.17) is 20.9 Å². The van der Waals surface area contributed by atoms with Crippen LogP contribution in [0.5, 0.6) is 0 Å². The van der Waals surface area contributed by atoms with Gasteiger partial charge in [0.2, 0.25) is 0 Å². The fourth-order valence-electron chi connectivity index (χ4n) is 1.17. The number of hydrogen-bond donors (Lipinski definition) is 0. The van der Waals surface area contributed by atoms with Gasteiger partial charge in [0.1, 0.15) is 6.61 Å². The average molecular weight is 244 g/mol. The Kier molecular flexibility index (Phi) is 3.41. The molecule has 0 N–H and O–H groups in total. The first-order chi connectivity index (χ1) is 7.24. The molecule has 0 saturated heterocycles. The normalized spacial score (nSPS) is 10.8. The van der Waals surface area contributed by atoms with Gasteiger partial charge in [0.25, 0.3) is 0 Å². The second kappa shape index (κ2) is 4.79. The Bertz CT molecular complexity index is 398. The van der Waals surface area contributed by atoms with Crippen LogP contribution in [0.25, 0.3) is 0 Å². The number of ether oxygens (including phenoxy) is 1. The van der Waals surface area contributed by atoms with Gasteiger partial charge in [0, 0.05) is 10.9 Å². The van der Waals surface area contributed by atoms with Crippen molar-refractivity contribution in [1.29, 1.82) is 0 Å². The number of rotatable bonds is 4. The average Bonchev–Trinajstić information content (AvgIpc) is 2.76. The minimum absolute atomic E-state index is 0.441. The minimum atomic E-state index is 0.441. The van der Waals surface area contributed by atoms with Crippen LogP contribution < -0.4 is 0 Å². The van der Waals surface area contributed by atoms with E-state index in [2.05, 4.69) is 5.16 Å². The molecule has 2 rings (SSSR count). The van der Waals surface area contributed by atoms with E-state index < -0.39 is 0 Å². The molecule has 2 aromatic rings. The summed E-state index contributed by atoms with van der Waals surface area (Å²) in [5.74, 6) is 0.746. The van der Waals surface area contributed by atoms with Crippen LogP contribution in [0.4, 0.5) is 0 Å². The third-order valence-corrected chi connectivity index (χ3v) is 3.00. The molecular weight excluding hydrogens is 234 g/mol. The van der Waals surface area contributed by atoms with Crippen LogP contribution in [0.1, 0.15) is 16.3 Å². The Morgan fingerprint density at radius 2 is 2.33 bits per heavy atom. The summed E-state index contributed by atoms with van der Waals surface area (Å²) in [5.41, 5.74) is 0.868. The molecule has 3 nitrogen and oxygen atoms in total. The van der Waals surface area contributed by atoms with Gasteiger partial charge < -0.3 is 9.26 Å². The molecule has 2 aromatic heterocycles. The highest BCUT2D eigenvalue weighted by atomic mass is 35.5. The lowest BCUT2D eigenvalue weighted by Crippen LogP contribution is -1.90. The van der Waals surface area contributed by atoms with Crippen molar-refractivity contribution < 1.29 is 9.26 Å². The standard InChI is InChI=1S/C10H10ClNO2S/c1-7-4-8(14-12-7)5-13-6-9-2-3-10(11)15-9/h2-4H,5-6H2,1H3. The summed E-state index contributed by atoms with van der Waals surface area (Å²) in [6.45, 7) is 2.87. The van der Waals surface area contributed by atoms with E-state index in [0.717, 1.165) is 20.7 Å². The summed E-state index contributed by atoms with van der Waals surface area (Å²) in [5, 5.41) is 3.77. The summed E-state index contributed by atoms with van der Waals surface area (Å²) < 4.78 is 11.2. The quantitative estimate of drug-likeness (QED) is 0.826. The van der Waals surface area contributed by atoms with Crippen molar-refractivity contribution >= 4 is 22.9 Å². The van der Waals surface area contributed by atoms with E-state index in [1.807, 2.05) is 25.1 Å². The summed E-state index contributed by atoms with van der Waals surface area (Å²) >= 11 is 7.32. The molecule has 0 amide bonds. The predicted octanol–water partition coefficient (Wildman–Crippen LogP) is 3.41. The van der Waals surface area contributed by atoms with E-state index in [1.165, 1.54) is 11.3 Å². The molecule has 0 unspecified atom stereocenters. The second-order valence-electron chi connectivity index (χ2n) is 3.13. The first-order valence-corrected chi connectivity index (χ1v) is 5.67. The van der Waals surface area contributed by atoms with E-state index in [9.17, 15) is 0 Å². The zero-order chi connectivity index (χ0) is 10.7. The minimum Gasteiger partial charge on any atom is -0.368 e. The summed E-state index contributed by atoms with van der Waals surface area (Å²) in [4.78, 5) is 1.11. The summed E-state index contributed by atoms with van der Waals surface area (Å²) in [6, 6.07) is 5.68. The molecule has 0 aliphatic carbocycles. The topological polar surface area (TPSA) is 35.3 Å². The van der Waals surface area contributed by atoms with Crippen LogP contribution in [0.2, 0.25) is 4.34 Å². The Balaban J connectivity index is 1.80.